The summed E-state index contributed by atoms with van der Waals surface area (Å²) >= 11 is 1.44. The molecule has 2 amide bonds. The maximum Gasteiger partial charge on any atom is 0.278 e. The first-order chi connectivity index (χ1) is 14.1. The van der Waals surface area contributed by atoms with Gasteiger partial charge in [0.05, 0.1) is 18.7 Å². The van der Waals surface area contributed by atoms with Crippen LogP contribution in [0.15, 0.2) is 47.5 Å². The van der Waals surface area contributed by atoms with Gasteiger partial charge in [-0.25, -0.2) is 4.39 Å². The Morgan fingerprint density at radius 2 is 1.72 bits per heavy atom. The van der Waals surface area contributed by atoms with Crippen LogP contribution in [-0.2, 0) is 16.1 Å². The van der Waals surface area contributed by atoms with Crippen molar-refractivity contribution >= 4 is 28.7 Å². The maximum atomic E-state index is 13.3. The van der Waals surface area contributed by atoms with E-state index in [4.69, 9.17) is 5.11 Å². The summed E-state index contributed by atoms with van der Waals surface area (Å²) in [5.41, 5.74) is 1.60. The second-order valence-corrected chi connectivity index (χ2v) is 8.02. The predicted molar refractivity (Wildman–Crippen MR) is 108 cm³/mol. The lowest BCUT2D eigenvalue weighted by Crippen LogP contribution is -2.48. The van der Waals surface area contributed by atoms with Crippen molar-refractivity contribution < 1.29 is 19.1 Å². The summed E-state index contributed by atoms with van der Waals surface area (Å²) in [7, 11) is 0. The highest BCUT2D eigenvalue weighted by atomic mass is 32.1. The van der Waals surface area contributed by atoms with Crippen LogP contribution >= 0.6 is 11.3 Å². The van der Waals surface area contributed by atoms with E-state index in [0.717, 1.165) is 18.0 Å². The molecule has 1 aromatic carbocycles. The normalized spacial score (nSPS) is 18.3. The maximum absolute atomic E-state index is 13.3. The molecule has 0 bridgehead atoms. The lowest BCUT2D eigenvalue weighted by molar-refractivity contribution is -0.138. The Hall–Kier alpha value is -2.55. The monoisotopic (exact) mass is 415 g/mol. The number of aliphatic hydroxyl groups excluding tert-OH is 1. The van der Waals surface area contributed by atoms with Crippen molar-refractivity contribution in [2.75, 3.05) is 39.3 Å². The number of carbonyl (C=O) groups is 2. The Kier molecular flexibility index (Phi) is 5.75. The second kappa shape index (κ2) is 8.44. The molecular weight excluding hydrogens is 393 g/mol. The quantitative estimate of drug-likeness (QED) is 0.729. The summed E-state index contributed by atoms with van der Waals surface area (Å²) < 4.78 is 13.2. The average Bonchev–Trinajstić information content (AvgIpc) is 3.33. The number of hydrogen-bond acceptors (Lipinski definition) is 6. The van der Waals surface area contributed by atoms with Gasteiger partial charge in [-0.2, -0.15) is 0 Å². The van der Waals surface area contributed by atoms with Gasteiger partial charge in [-0.3, -0.25) is 19.4 Å². The first kappa shape index (κ1) is 19.8. The predicted octanol–water partition coefficient (Wildman–Crippen LogP) is 1.78. The molecule has 152 valence electrons. The molecular formula is C21H22FN3O3S. The highest BCUT2D eigenvalue weighted by Gasteiger charge is 2.42. The number of aliphatic hydroxyl groups is 1. The molecule has 1 aromatic heterocycles. The topological polar surface area (TPSA) is 64.1 Å². The fourth-order valence-corrected chi connectivity index (χ4v) is 4.51. The minimum atomic E-state index is -0.355. The highest BCUT2D eigenvalue weighted by Crippen LogP contribution is 2.35. The highest BCUT2D eigenvalue weighted by molar-refractivity contribution is 7.11. The van der Waals surface area contributed by atoms with Crippen molar-refractivity contribution in [1.29, 1.82) is 0 Å². The van der Waals surface area contributed by atoms with Crippen LogP contribution in [0.25, 0.3) is 5.57 Å². The molecule has 29 heavy (non-hydrogen) atoms. The summed E-state index contributed by atoms with van der Waals surface area (Å²) in [5.74, 6) is -0.973. The number of carbonyl (C=O) groups excluding carboxylic acids is 2. The molecule has 1 N–H and O–H groups in total. The van der Waals surface area contributed by atoms with Crippen LogP contribution in [0.4, 0.5) is 4.39 Å². The molecule has 0 aliphatic carbocycles. The van der Waals surface area contributed by atoms with Gasteiger partial charge in [-0.05, 0) is 29.1 Å². The number of halogens is 1. The van der Waals surface area contributed by atoms with Gasteiger partial charge in [0.15, 0.2) is 0 Å². The molecule has 0 saturated carbocycles. The van der Waals surface area contributed by atoms with E-state index in [1.165, 1.54) is 28.4 Å². The first-order valence-electron chi connectivity index (χ1n) is 9.55. The number of thiophene rings is 1. The van der Waals surface area contributed by atoms with Crippen LogP contribution in [0.1, 0.15) is 10.4 Å². The third kappa shape index (κ3) is 3.96. The second-order valence-electron chi connectivity index (χ2n) is 7.08. The van der Waals surface area contributed by atoms with Gasteiger partial charge in [0.1, 0.15) is 11.5 Å². The van der Waals surface area contributed by atoms with Crippen molar-refractivity contribution in [3.8, 4) is 0 Å². The van der Waals surface area contributed by atoms with Crippen LogP contribution < -0.4 is 0 Å². The fourth-order valence-electron chi connectivity index (χ4n) is 3.75. The van der Waals surface area contributed by atoms with Gasteiger partial charge in [0.25, 0.3) is 11.8 Å². The van der Waals surface area contributed by atoms with Gasteiger partial charge >= 0.3 is 0 Å². The lowest BCUT2D eigenvalue weighted by atomic mass is 10.1. The molecule has 4 rings (SSSR count). The Labute approximate surface area is 172 Å². The third-order valence-electron chi connectivity index (χ3n) is 5.27. The first-order valence-corrected chi connectivity index (χ1v) is 10.4. The van der Waals surface area contributed by atoms with Crippen molar-refractivity contribution in [1.82, 2.24) is 14.7 Å². The fraction of sp³-hybridized carbons (Fsp3) is 0.333. The summed E-state index contributed by atoms with van der Waals surface area (Å²) in [6, 6.07) is 9.56. The third-order valence-corrected chi connectivity index (χ3v) is 6.16. The summed E-state index contributed by atoms with van der Waals surface area (Å²) in [6.07, 6.45) is 0. The zero-order valence-electron chi connectivity index (χ0n) is 15.9. The zero-order valence-corrected chi connectivity index (χ0v) is 16.7. The van der Waals surface area contributed by atoms with E-state index in [0.29, 0.717) is 36.5 Å². The molecule has 0 radical (unpaired) electrons. The van der Waals surface area contributed by atoms with Gasteiger partial charge in [0.2, 0.25) is 0 Å². The Bertz CT molecular complexity index is 919. The smallest absolute Gasteiger partial charge is 0.278 e. The van der Waals surface area contributed by atoms with E-state index in [-0.39, 0.29) is 30.8 Å². The van der Waals surface area contributed by atoms with E-state index < -0.39 is 0 Å². The van der Waals surface area contributed by atoms with Crippen molar-refractivity contribution in [2.45, 2.75) is 6.54 Å². The Morgan fingerprint density at radius 3 is 2.34 bits per heavy atom. The minimum absolute atomic E-state index is 0.103. The van der Waals surface area contributed by atoms with Crippen LogP contribution in [0.2, 0.25) is 0 Å². The number of imide groups is 1. The molecule has 3 heterocycles. The molecule has 1 saturated heterocycles. The largest absolute Gasteiger partial charge is 0.395 e. The number of hydrogen-bond donors (Lipinski definition) is 1. The number of benzene rings is 1. The van der Waals surface area contributed by atoms with Crippen molar-refractivity contribution in [3.63, 3.8) is 0 Å². The van der Waals surface area contributed by atoms with Crippen molar-refractivity contribution in [2.24, 2.45) is 0 Å². The van der Waals surface area contributed by atoms with Crippen LogP contribution in [0.5, 0.6) is 0 Å². The molecule has 0 spiro atoms. The lowest BCUT2D eigenvalue weighted by Gasteiger charge is -2.36. The Balaban J connectivity index is 1.62. The standard InChI is InChI=1S/C21H22FN3O3S/c22-16-5-3-15(4-6-16)14-25-20(27)18(17-2-1-13-29-17)19(21(25)28)24-9-7-23(8-10-24)11-12-26/h1-6,13,26H,7-12,14H2. The molecule has 0 unspecified atom stereocenters. The van der Waals surface area contributed by atoms with E-state index in [1.807, 2.05) is 22.4 Å². The number of nitrogens with zero attached hydrogens (tertiary/aromatic N) is 3. The molecule has 8 heteroatoms. The van der Waals surface area contributed by atoms with Crippen molar-refractivity contribution in [3.05, 3.63) is 63.7 Å². The summed E-state index contributed by atoms with van der Waals surface area (Å²) in [6.45, 7) is 3.50. The van der Waals surface area contributed by atoms with Gasteiger partial charge < -0.3 is 10.0 Å². The average molecular weight is 415 g/mol. The molecule has 2 aliphatic heterocycles. The van der Waals surface area contributed by atoms with E-state index >= 15 is 0 Å². The van der Waals surface area contributed by atoms with Crippen LogP contribution in [0, 0.1) is 5.82 Å². The number of piperazine rings is 1. The van der Waals surface area contributed by atoms with Gasteiger partial charge in [-0.1, -0.05) is 18.2 Å². The summed E-state index contributed by atoms with van der Waals surface area (Å²) in [5, 5.41) is 11.0. The minimum Gasteiger partial charge on any atom is -0.395 e. The molecule has 2 aliphatic rings. The Morgan fingerprint density at radius 1 is 1.00 bits per heavy atom. The van der Waals surface area contributed by atoms with E-state index in [2.05, 4.69) is 4.90 Å². The molecule has 6 nitrogen and oxygen atoms in total. The SMILES string of the molecule is O=C1C(c2cccs2)=C(N2CCN(CCO)CC2)C(=O)N1Cc1ccc(F)cc1. The molecule has 1 fully saturated rings. The zero-order chi connectivity index (χ0) is 20.4. The molecule has 0 atom stereocenters. The van der Waals surface area contributed by atoms with Gasteiger partial charge in [-0.15, -0.1) is 11.3 Å². The van der Waals surface area contributed by atoms with Crippen LogP contribution in [-0.4, -0.2) is 71.0 Å². The van der Waals surface area contributed by atoms with E-state index in [1.54, 1.807) is 12.1 Å². The number of rotatable bonds is 6. The number of β-amino-alcohol motifs (C(OH)–C–C–N with tert-alkyl or cyclic N) is 1. The number of amides is 2. The van der Waals surface area contributed by atoms with Crippen LogP contribution in [0.3, 0.4) is 0 Å². The molecule has 2 aromatic rings. The summed E-state index contributed by atoms with van der Waals surface area (Å²) in [4.78, 5) is 32.6. The van der Waals surface area contributed by atoms with Gasteiger partial charge in [0, 0.05) is 37.6 Å². The van der Waals surface area contributed by atoms with E-state index in [9.17, 15) is 14.0 Å².